The monoisotopic (exact) mass is 432 g/mol. The molecule has 0 saturated carbocycles. The Hall–Kier alpha value is -1.34. The summed E-state index contributed by atoms with van der Waals surface area (Å²) in [5.74, 6) is 1.29. The van der Waals surface area contributed by atoms with Gasteiger partial charge in [-0.1, -0.05) is 28.4 Å². The minimum atomic E-state index is -0.0585. The van der Waals surface area contributed by atoms with E-state index in [2.05, 4.69) is 22.4 Å². The fourth-order valence-electron chi connectivity index (χ4n) is 3.07. The molecule has 1 saturated heterocycles. The lowest BCUT2D eigenvalue weighted by Gasteiger charge is -2.31. The molecule has 0 spiro atoms. The van der Waals surface area contributed by atoms with Crippen LogP contribution in [0.5, 0.6) is 0 Å². The number of amides is 1. The summed E-state index contributed by atoms with van der Waals surface area (Å²) in [6, 6.07) is 5.23. The third-order valence-corrected chi connectivity index (χ3v) is 5.43. The van der Waals surface area contributed by atoms with Crippen molar-refractivity contribution in [3.63, 3.8) is 0 Å². The van der Waals surface area contributed by atoms with Gasteiger partial charge >= 0.3 is 0 Å². The van der Waals surface area contributed by atoms with Crippen molar-refractivity contribution in [1.29, 1.82) is 0 Å². The largest absolute Gasteiger partial charge is 0.339 e. The highest BCUT2D eigenvalue weighted by Gasteiger charge is 2.29. The van der Waals surface area contributed by atoms with Crippen LogP contribution in [-0.2, 0) is 6.42 Å². The molecule has 27 heavy (non-hydrogen) atoms. The van der Waals surface area contributed by atoms with Crippen LogP contribution in [0.15, 0.2) is 22.7 Å². The normalized spacial score (nSPS) is 18.1. The first kappa shape index (κ1) is 22.0. The molecule has 6 nitrogen and oxygen atoms in total. The third kappa shape index (κ3) is 5.35. The zero-order valence-electron chi connectivity index (χ0n) is 15.2. The number of halogens is 3. The Kier molecular flexibility index (Phi) is 7.91. The number of likely N-dealkylation sites (tertiary alicyclic amines) is 1. The number of hydrogen-bond donors (Lipinski definition) is 1. The second kappa shape index (κ2) is 9.73. The van der Waals surface area contributed by atoms with Gasteiger partial charge in [-0.05, 0) is 45.0 Å². The minimum Gasteiger partial charge on any atom is -0.339 e. The van der Waals surface area contributed by atoms with Crippen LogP contribution in [-0.4, -0.2) is 47.1 Å². The molecular formula is C18H23Cl3N4O2. The molecule has 1 aliphatic heterocycles. The molecule has 0 bridgehead atoms. The summed E-state index contributed by atoms with van der Waals surface area (Å²) >= 11 is 12.0. The highest BCUT2D eigenvalue weighted by Crippen LogP contribution is 2.28. The van der Waals surface area contributed by atoms with Gasteiger partial charge in [-0.15, -0.1) is 12.4 Å². The van der Waals surface area contributed by atoms with Crippen LogP contribution in [0, 0.1) is 0 Å². The molecule has 2 unspecified atom stereocenters. The lowest BCUT2D eigenvalue weighted by atomic mass is 9.97. The fourth-order valence-corrected chi connectivity index (χ4v) is 3.37. The maximum atomic E-state index is 12.8. The summed E-state index contributed by atoms with van der Waals surface area (Å²) in [6.45, 7) is 3.32. The molecule has 1 N–H and O–H groups in total. The van der Waals surface area contributed by atoms with Gasteiger partial charge in [0.1, 0.15) is 0 Å². The Balaban J connectivity index is 0.00000261. The van der Waals surface area contributed by atoms with Gasteiger partial charge in [-0.25, -0.2) is 0 Å². The van der Waals surface area contributed by atoms with Gasteiger partial charge in [0.15, 0.2) is 5.82 Å². The average Bonchev–Trinajstić information content (AvgIpc) is 3.12. The summed E-state index contributed by atoms with van der Waals surface area (Å²) in [5.41, 5.74) is 0.536. The van der Waals surface area contributed by atoms with Gasteiger partial charge < -0.3 is 14.7 Å². The van der Waals surface area contributed by atoms with Crippen molar-refractivity contribution in [3.8, 4) is 0 Å². The lowest BCUT2D eigenvalue weighted by Crippen LogP contribution is -2.39. The quantitative estimate of drug-likeness (QED) is 0.772. The van der Waals surface area contributed by atoms with Crippen LogP contribution in [0.25, 0.3) is 0 Å². The van der Waals surface area contributed by atoms with Crippen LogP contribution >= 0.6 is 35.6 Å². The zero-order chi connectivity index (χ0) is 18.7. The number of aromatic nitrogens is 2. The predicted molar refractivity (Wildman–Crippen MR) is 108 cm³/mol. The molecule has 3 rings (SSSR count). The van der Waals surface area contributed by atoms with Crippen LogP contribution in [0.1, 0.15) is 47.8 Å². The molecule has 1 amide bonds. The van der Waals surface area contributed by atoms with Crippen LogP contribution in [0.3, 0.4) is 0 Å². The van der Waals surface area contributed by atoms with E-state index in [-0.39, 0.29) is 30.3 Å². The number of nitrogens with one attached hydrogen (secondary N) is 1. The number of nitrogens with zero attached hydrogens (tertiary/aromatic N) is 3. The number of rotatable bonds is 5. The first-order valence-electron chi connectivity index (χ1n) is 8.72. The van der Waals surface area contributed by atoms with E-state index in [9.17, 15) is 4.79 Å². The van der Waals surface area contributed by atoms with Crippen LogP contribution < -0.4 is 5.32 Å². The van der Waals surface area contributed by atoms with Gasteiger partial charge in [-0.2, -0.15) is 4.98 Å². The lowest BCUT2D eigenvalue weighted by molar-refractivity contribution is 0.0695. The Morgan fingerprint density at radius 2 is 2.19 bits per heavy atom. The maximum absolute atomic E-state index is 12.8. The maximum Gasteiger partial charge on any atom is 0.253 e. The number of carbonyl (C=O) groups is 1. The van der Waals surface area contributed by atoms with Gasteiger partial charge in [0.2, 0.25) is 5.89 Å². The summed E-state index contributed by atoms with van der Waals surface area (Å²) < 4.78 is 5.45. The summed E-state index contributed by atoms with van der Waals surface area (Å²) in [4.78, 5) is 19.1. The topological polar surface area (TPSA) is 71.3 Å². The molecule has 1 fully saturated rings. The number of likely N-dealkylation sites (N-methyl/N-ethyl adjacent to an activating group) is 1. The molecule has 2 heterocycles. The van der Waals surface area contributed by atoms with Crippen molar-refractivity contribution in [2.75, 3.05) is 20.1 Å². The molecule has 0 aliphatic carbocycles. The molecule has 148 valence electrons. The molecule has 2 atom stereocenters. The summed E-state index contributed by atoms with van der Waals surface area (Å²) in [5, 5.41) is 8.04. The Morgan fingerprint density at radius 1 is 1.41 bits per heavy atom. The van der Waals surface area contributed by atoms with Crippen molar-refractivity contribution in [2.45, 2.75) is 38.1 Å². The molecule has 1 aliphatic rings. The van der Waals surface area contributed by atoms with E-state index in [4.69, 9.17) is 27.7 Å². The standard InChI is InChI=1S/C18H22Cl2N4O2.ClH/c1-11(21-2)8-16-22-17(26-23-16)13-4-3-7-24(10-13)18(25)12-5-6-14(19)15(20)9-12;/h5-6,9,11,13,21H,3-4,7-8,10H2,1-2H3;1H. The van der Waals surface area contributed by atoms with Crippen molar-refractivity contribution >= 4 is 41.5 Å². The van der Waals surface area contributed by atoms with E-state index < -0.39 is 0 Å². The van der Waals surface area contributed by atoms with Gasteiger partial charge in [-0.3, -0.25) is 4.79 Å². The minimum absolute atomic E-state index is 0. The average molecular weight is 434 g/mol. The van der Waals surface area contributed by atoms with E-state index in [1.807, 2.05) is 11.9 Å². The SMILES string of the molecule is CNC(C)Cc1noc(C2CCCN(C(=O)c3ccc(Cl)c(Cl)c3)C2)n1.Cl. The van der Waals surface area contributed by atoms with Gasteiger partial charge in [0.25, 0.3) is 5.91 Å². The molecule has 2 aromatic rings. The van der Waals surface area contributed by atoms with Crippen molar-refractivity contribution in [2.24, 2.45) is 0 Å². The second-order valence-corrected chi connectivity index (χ2v) is 7.48. The smallest absolute Gasteiger partial charge is 0.253 e. The second-order valence-electron chi connectivity index (χ2n) is 6.66. The van der Waals surface area contributed by atoms with Gasteiger partial charge in [0, 0.05) is 31.1 Å². The highest BCUT2D eigenvalue weighted by molar-refractivity contribution is 6.42. The van der Waals surface area contributed by atoms with Crippen molar-refractivity contribution < 1.29 is 9.32 Å². The van der Waals surface area contributed by atoms with Crippen molar-refractivity contribution in [3.05, 3.63) is 45.5 Å². The Labute approximate surface area is 175 Å². The van der Waals surface area contributed by atoms with Crippen LogP contribution in [0.2, 0.25) is 10.0 Å². The van der Waals surface area contributed by atoms with Crippen molar-refractivity contribution in [1.82, 2.24) is 20.4 Å². The van der Waals surface area contributed by atoms with E-state index in [1.54, 1.807) is 18.2 Å². The van der Waals surface area contributed by atoms with E-state index in [0.29, 0.717) is 46.8 Å². The molecular weight excluding hydrogens is 411 g/mol. The number of piperidine rings is 1. The predicted octanol–water partition coefficient (Wildman–Crippen LogP) is 3.97. The fraction of sp³-hybridized carbons (Fsp3) is 0.500. The molecule has 1 aromatic carbocycles. The van der Waals surface area contributed by atoms with Crippen LogP contribution in [0.4, 0.5) is 0 Å². The molecule has 9 heteroatoms. The van der Waals surface area contributed by atoms with Gasteiger partial charge in [0.05, 0.1) is 16.0 Å². The first-order valence-corrected chi connectivity index (χ1v) is 9.47. The number of carbonyl (C=O) groups excluding carboxylic acids is 1. The Morgan fingerprint density at radius 3 is 2.89 bits per heavy atom. The van der Waals surface area contributed by atoms with E-state index in [1.165, 1.54) is 0 Å². The highest BCUT2D eigenvalue weighted by atomic mass is 35.5. The van der Waals surface area contributed by atoms with E-state index in [0.717, 1.165) is 12.8 Å². The third-order valence-electron chi connectivity index (χ3n) is 4.69. The molecule has 0 radical (unpaired) electrons. The zero-order valence-corrected chi connectivity index (χ0v) is 17.6. The molecule has 1 aromatic heterocycles. The number of benzene rings is 1. The van der Waals surface area contributed by atoms with E-state index >= 15 is 0 Å². The summed E-state index contributed by atoms with van der Waals surface area (Å²) in [6.07, 6.45) is 2.52. The first-order chi connectivity index (χ1) is 12.5. The Bertz CT molecular complexity index is 784. The summed E-state index contributed by atoms with van der Waals surface area (Å²) in [7, 11) is 1.90. The number of hydrogen-bond acceptors (Lipinski definition) is 5.